The summed E-state index contributed by atoms with van der Waals surface area (Å²) in [5.41, 5.74) is 17.0. The predicted octanol–water partition coefficient (Wildman–Crippen LogP) is 18.3. The molecule has 0 aliphatic heterocycles. The van der Waals surface area contributed by atoms with Crippen molar-refractivity contribution in [3.05, 3.63) is 267 Å². The molecule has 0 bridgehead atoms. The summed E-state index contributed by atoms with van der Waals surface area (Å²) < 4.78 is 7.20. The molecule has 0 aliphatic carbocycles. The maximum Gasteiger partial charge on any atom is 0.143 e. The van der Waals surface area contributed by atoms with E-state index in [2.05, 4.69) is 277 Å². The van der Waals surface area contributed by atoms with Crippen molar-refractivity contribution in [2.24, 2.45) is 0 Å². The van der Waals surface area contributed by atoms with E-state index >= 15 is 0 Å². The lowest BCUT2D eigenvalue weighted by Gasteiger charge is -2.31. The van der Waals surface area contributed by atoms with Gasteiger partial charge in [-0.1, -0.05) is 206 Å². The maximum atomic E-state index is 7.20. The molecule has 0 N–H and O–H groups in total. The van der Waals surface area contributed by atoms with E-state index in [-0.39, 0.29) is 0 Å². The average Bonchev–Trinajstić information content (AvgIpc) is 3.80. The van der Waals surface area contributed by atoms with Crippen LogP contribution >= 0.6 is 0 Å². The SMILES string of the molecule is c1ccc(-c2ccc(N(c3cc(N(c4ccc(-c5ccccc5)cc4)c4cccc(-c5ccccc5)c4)c4c(c3)oc3c5ccccc5ccc34)c3ccccc3-c3ccccc3)cc2)cc1. The third kappa shape index (κ3) is 7.49. The van der Waals surface area contributed by atoms with E-state index in [4.69, 9.17) is 4.42 Å². The van der Waals surface area contributed by atoms with Crippen molar-refractivity contribution >= 4 is 66.8 Å². The Hall–Kier alpha value is -8.92. The molecule has 0 fully saturated rings. The molecular weight excluding hydrogens is 813 g/mol. The number of furan rings is 1. The van der Waals surface area contributed by atoms with Gasteiger partial charge in [0.15, 0.2) is 0 Å². The molecule has 1 aromatic heterocycles. The Kier molecular flexibility index (Phi) is 10.2. The summed E-state index contributed by atoms with van der Waals surface area (Å²) in [6.45, 7) is 0. The number of nitrogens with zero attached hydrogens (tertiary/aromatic N) is 2. The van der Waals surface area contributed by atoms with Crippen LogP contribution in [0, 0.1) is 0 Å². The van der Waals surface area contributed by atoms with Crippen molar-refractivity contribution in [2.75, 3.05) is 9.80 Å². The van der Waals surface area contributed by atoms with Gasteiger partial charge in [-0.05, 0) is 98.9 Å². The van der Waals surface area contributed by atoms with Crippen LogP contribution in [0.15, 0.2) is 271 Å². The quantitative estimate of drug-likeness (QED) is 0.137. The molecule has 0 saturated heterocycles. The summed E-state index contributed by atoms with van der Waals surface area (Å²) in [5.74, 6) is 0. The first-order chi connectivity index (χ1) is 33.2. The van der Waals surface area contributed by atoms with Crippen LogP contribution in [0.25, 0.3) is 77.2 Å². The molecule has 67 heavy (non-hydrogen) atoms. The minimum Gasteiger partial charge on any atom is -0.455 e. The van der Waals surface area contributed by atoms with E-state index in [0.29, 0.717) is 0 Å². The first-order valence-electron chi connectivity index (χ1n) is 22.8. The summed E-state index contributed by atoms with van der Waals surface area (Å²) in [6, 6.07) is 95.5. The lowest BCUT2D eigenvalue weighted by Crippen LogP contribution is -2.14. The minimum absolute atomic E-state index is 0.798. The third-order valence-electron chi connectivity index (χ3n) is 12.8. The first kappa shape index (κ1) is 39.7. The molecule has 0 atom stereocenters. The number of benzene rings is 11. The Morgan fingerprint density at radius 1 is 0.269 bits per heavy atom. The normalized spacial score (nSPS) is 11.3. The highest BCUT2D eigenvalue weighted by Gasteiger charge is 2.26. The summed E-state index contributed by atoms with van der Waals surface area (Å²) in [4.78, 5) is 4.80. The summed E-state index contributed by atoms with van der Waals surface area (Å²) in [6.07, 6.45) is 0. The molecule has 3 nitrogen and oxygen atoms in total. The lowest BCUT2D eigenvalue weighted by molar-refractivity contribution is 0.673. The van der Waals surface area contributed by atoms with E-state index in [9.17, 15) is 0 Å². The van der Waals surface area contributed by atoms with Gasteiger partial charge in [-0.2, -0.15) is 0 Å². The number of fused-ring (bicyclic) bond motifs is 5. The monoisotopic (exact) mass is 856 g/mol. The molecule has 1 heterocycles. The van der Waals surface area contributed by atoms with Crippen LogP contribution in [0.2, 0.25) is 0 Å². The molecule has 0 aliphatic rings. The average molecular weight is 857 g/mol. The van der Waals surface area contributed by atoms with Crippen LogP contribution in [0.3, 0.4) is 0 Å². The molecule has 0 unspecified atom stereocenters. The molecule has 0 amide bonds. The van der Waals surface area contributed by atoms with Crippen molar-refractivity contribution in [3.8, 4) is 44.5 Å². The molecule has 12 rings (SSSR count). The molecule has 316 valence electrons. The highest BCUT2D eigenvalue weighted by Crippen LogP contribution is 2.50. The smallest absolute Gasteiger partial charge is 0.143 e. The topological polar surface area (TPSA) is 19.6 Å². The second kappa shape index (κ2) is 17.2. The van der Waals surface area contributed by atoms with Crippen LogP contribution < -0.4 is 9.80 Å². The molecule has 0 radical (unpaired) electrons. The van der Waals surface area contributed by atoms with E-state index in [1.165, 1.54) is 11.1 Å². The van der Waals surface area contributed by atoms with E-state index in [1.54, 1.807) is 0 Å². The van der Waals surface area contributed by atoms with Gasteiger partial charge in [0.25, 0.3) is 0 Å². The van der Waals surface area contributed by atoms with Crippen LogP contribution in [-0.4, -0.2) is 0 Å². The Labute approximate surface area is 390 Å². The maximum absolute atomic E-state index is 7.20. The Bertz CT molecular complexity index is 3660. The number of hydrogen-bond acceptors (Lipinski definition) is 3. The predicted molar refractivity (Wildman–Crippen MR) is 282 cm³/mol. The second-order valence-corrected chi connectivity index (χ2v) is 16.9. The number of rotatable bonds is 10. The fourth-order valence-electron chi connectivity index (χ4n) is 9.61. The number of anilines is 6. The Morgan fingerprint density at radius 2 is 0.761 bits per heavy atom. The zero-order valence-corrected chi connectivity index (χ0v) is 36.7. The molecule has 0 spiro atoms. The fraction of sp³-hybridized carbons (Fsp3) is 0. The van der Waals surface area contributed by atoms with E-state index < -0.39 is 0 Å². The highest BCUT2D eigenvalue weighted by atomic mass is 16.3. The van der Waals surface area contributed by atoms with Gasteiger partial charge in [-0.25, -0.2) is 0 Å². The number of hydrogen-bond donors (Lipinski definition) is 0. The van der Waals surface area contributed by atoms with Gasteiger partial charge in [0.2, 0.25) is 0 Å². The molecule has 11 aromatic carbocycles. The van der Waals surface area contributed by atoms with Gasteiger partial charge in [-0.3, -0.25) is 0 Å². The van der Waals surface area contributed by atoms with Gasteiger partial charge < -0.3 is 14.2 Å². The van der Waals surface area contributed by atoms with Crippen LogP contribution in [0.1, 0.15) is 0 Å². The fourth-order valence-corrected chi connectivity index (χ4v) is 9.61. The van der Waals surface area contributed by atoms with E-state index in [0.717, 1.165) is 100 Å². The standard InChI is InChI=1S/C64H44N2O/c1-5-18-45(19-6-1)48-32-37-53(38-33-48)65(55-28-17-27-52(42-55)47-22-9-3-10-23-47)61-43-56(44-62-63(61)59-41-36-51-26-13-14-30-58(51)64(59)67-62)66(54-39-34-49(35-40-54)46-20-7-2-8-21-46)60-31-16-15-29-57(60)50-24-11-4-12-25-50/h1-44H. The Morgan fingerprint density at radius 3 is 1.39 bits per heavy atom. The zero-order valence-electron chi connectivity index (χ0n) is 36.7. The van der Waals surface area contributed by atoms with Gasteiger partial charge >= 0.3 is 0 Å². The molecular formula is C64H44N2O. The molecule has 12 aromatic rings. The van der Waals surface area contributed by atoms with Gasteiger partial charge in [0, 0.05) is 39.5 Å². The molecule has 0 saturated carbocycles. The largest absolute Gasteiger partial charge is 0.455 e. The van der Waals surface area contributed by atoms with Gasteiger partial charge in [-0.15, -0.1) is 0 Å². The van der Waals surface area contributed by atoms with Gasteiger partial charge in [0.1, 0.15) is 11.2 Å². The minimum atomic E-state index is 0.798. The molecule has 3 heteroatoms. The van der Waals surface area contributed by atoms with Gasteiger partial charge in [0.05, 0.1) is 22.4 Å². The second-order valence-electron chi connectivity index (χ2n) is 16.9. The van der Waals surface area contributed by atoms with Crippen molar-refractivity contribution in [1.82, 2.24) is 0 Å². The van der Waals surface area contributed by atoms with E-state index in [1.807, 2.05) is 0 Å². The van der Waals surface area contributed by atoms with Crippen LogP contribution in [0.5, 0.6) is 0 Å². The van der Waals surface area contributed by atoms with Crippen LogP contribution in [0.4, 0.5) is 34.1 Å². The highest BCUT2D eigenvalue weighted by molar-refractivity contribution is 6.20. The lowest BCUT2D eigenvalue weighted by atomic mass is 9.99. The number of para-hydroxylation sites is 1. The first-order valence-corrected chi connectivity index (χ1v) is 22.8. The van der Waals surface area contributed by atoms with Crippen molar-refractivity contribution in [3.63, 3.8) is 0 Å². The summed E-state index contributed by atoms with van der Waals surface area (Å²) in [5, 5.41) is 4.31. The van der Waals surface area contributed by atoms with Crippen molar-refractivity contribution in [2.45, 2.75) is 0 Å². The van der Waals surface area contributed by atoms with Crippen molar-refractivity contribution in [1.29, 1.82) is 0 Å². The zero-order chi connectivity index (χ0) is 44.5. The summed E-state index contributed by atoms with van der Waals surface area (Å²) >= 11 is 0. The summed E-state index contributed by atoms with van der Waals surface area (Å²) in [7, 11) is 0. The Balaban J connectivity index is 1.15. The van der Waals surface area contributed by atoms with Crippen molar-refractivity contribution < 1.29 is 4.42 Å². The van der Waals surface area contributed by atoms with Crippen LogP contribution in [-0.2, 0) is 0 Å². The third-order valence-corrected chi connectivity index (χ3v) is 12.8.